The summed E-state index contributed by atoms with van der Waals surface area (Å²) >= 11 is 0. The van der Waals surface area contributed by atoms with Crippen LogP contribution in [0.25, 0.3) is 10.8 Å². The van der Waals surface area contributed by atoms with Crippen molar-refractivity contribution in [2.75, 3.05) is 6.61 Å². The summed E-state index contributed by atoms with van der Waals surface area (Å²) < 4.78 is 5.18. The minimum atomic E-state index is -0.474. The van der Waals surface area contributed by atoms with Gasteiger partial charge in [-0.2, -0.15) is 0 Å². The zero-order valence-electron chi connectivity index (χ0n) is 10.5. The first kappa shape index (κ1) is 12.4. The summed E-state index contributed by atoms with van der Waals surface area (Å²) in [6.07, 6.45) is 0. The van der Waals surface area contributed by atoms with E-state index in [2.05, 4.69) is 0 Å². The van der Waals surface area contributed by atoms with Gasteiger partial charge in [0.25, 0.3) is 0 Å². The third kappa shape index (κ3) is 2.45. The summed E-state index contributed by atoms with van der Waals surface area (Å²) in [4.78, 5) is 12.0. The van der Waals surface area contributed by atoms with Crippen LogP contribution in [0.3, 0.4) is 0 Å². The van der Waals surface area contributed by atoms with Crippen LogP contribution >= 0.6 is 0 Å². The minimum absolute atomic E-state index is 0.0394. The van der Waals surface area contributed by atoms with E-state index in [4.69, 9.17) is 4.74 Å². The highest BCUT2D eigenvalue weighted by atomic mass is 16.5. The van der Waals surface area contributed by atoms with Gasteiger partial charge in [0.05, 0.1) is 6.61 Å². The van der Waals surface area contributed by atoms with Crippen LogP contribution in [-0.2, 0) is 4.74 Å². The summed E-state index contributed by atoms with van der Waals surface area (Å²) in [7, 11) is 0. The van der Waals surface area contributed by atoms with Gasteiger partial charge in [-0.3, -0.25) is 0 Å². The molecule has 0 heterocycles. The van der Waals surface area contributed by atoms with E-state index < -0.39 is 5.97 Å². The van der Waals surface area contributed by atoms with E-state index in [1.54, 1.807) is 12.1 Å². The van der Waals surface area contributed by atoms with Gasteiger partial charge in [-0.15, -0.1) is 0 Å². The van der Waals surface area contributed by atoms with Crippen molar-refractivity contribution in [2.45, 2.75) is 13.8 Å². The second kappa shape index (κ2) is 5.08. The highest BCUT2D eigenvalue weighted by Gasteiger charge is 2.16. The Morgan fingerprint density at radius 3 is 2.67 bits per heavy atom. The molecule has 2 rings (SSSR count). The molecular formula is C15H16O3. The van der Waals surface area contributed by atoms with E-state index in [0.717, 1.165) is 5.39 Å². The summed E-state index contributed by atoms with van der Waals surface area (Å²) in [6.45, 7) is 4.29. The Morgan fingerprint density at radius 2 is 1.94 bits per heavy atom. The molecule has 0 spiro atoms. The first-order valence-electron chi connectivity index (χ1n) is 5.97. The molecular weight excluding hydrogens is 228 g/mol. The van der Waals surface area contributed by atoms with Crippen LogP contribution in [0.15, 0.2) is 36.4 Å². The number of aromatic hydroxyl groups is 1. The Bertz CT molecular complexity index is 573. The molecule has 0 saturated heterocycles. The van der Waals surface area contributed by atoms with Gasteiger partial charge in [0, 0.05) is 0 Å². The van der Waals surface area contributed by atoms with Crippen molar-refractivity contribution in [3.8, 4) is 5.75 Å². The SMILES string of the molecule is CC(C)COC(=O)c1c(O)ccc2ccccc12. The Morgan fingerprint density at radius 1 is 1.22 bits per heavy atom. The number of phenols is 1. The van der Waals surface area contributed by atoms with E-state index in [-0.39, 0.29) is 17.2 Å². The fraction of sp³-hybridized carbons (Fsp3) is 0.267. The smallest absolute Gasteiger partial charge is 0.342 e. The molecule has 0 radical (unpaired) electrons. The molecule has 2 aromatic rings. The van der Waals surface area contributed by atoms with Crippen molar-refractivity contribution in [2.24, 2.45) is 5.92 Å². The zero-order valence-corrected chi connectivity index (χ0v) is 10.5. The molecule has 0 unspecified atom stereocenters. The molecule has 0 aliphatic carbocycles. The predicted molar refractivity (Wildman–Crippen MR) is 70.7 cm³/mol. The lowest BCUT2D eigenvalue weighted by atomic mass is 10.0. The van der Waals surface area contributed by atoms with E-state index >= 15 is 0 Å². The highest BCUT2D eigenvalue weighted by Crippen LogP contribution is 2.27. The van der Waals surface area contributed by atoms with Crippen LogP contribution in [-0.4, -0.2) is 17.7 Å². The van der Waals surface area contributed by atoms with E-state index in [0.29, 0.717) is 12.0 Å². The van der Waals surface area contributed by atoms with Crippen molar-refractivity contribution >= 4 is 16.7 Å². The number of carbonyl (C=O) groups excluding carboxylic acids is 1. The molecule has 0 aromatic heterocycles. The molecule has 1 N–H and O–H groups in total. The Labute approximate surface area is 106 Å². The van der Waals surface area contributed by atoms with Crippen LogP contribution < -0.4 is 0 Å². The average molecular weight is 244 g/mol. The van der Waals surface area contributed by atoms with Gasteiger partial charge in [0.15, 0.2) is 0 Å². The number of benzene rings is 2. The summed E-state index contributed by atoms with van der Waals surface area (Å²) in [5.41, 5.74) is 0.244. The zero-order chi connectivity index (χ0) is 13.1. The molecule has 2 aromatic carbocycles. The molecule has 3 heteroatoms. The van der Waals surface area contributed by atoms with Crippen molar-refractivity contribution in [3.05, 3.63) is 42.0 Å². The van der Waals surface area contributed by atoms with Crippen LogP contribution in [0.5, 0.6) is 5.75 Å². The topological polar surface area (TPSA) is 46.5 Å². The van der Waals surface area contributed by atoms with E-state index in [9.17, 15) is 9.90 Å². The predicted octanol–water partition coefficient (Wildman–Crippen LogP) is 3.36. The number of rotatable bonds is 3. The van der Waals surface area contributed by atoms with Crippen LogP contribution in [0, 0.1) is 5.92 Å². The van der Waals surface area contributed by atoms with Crippen LogP contribution in [0.4, 0.5) is 0 Å². The number of hydrogen-bond acceptors (Lipinski definition) is 3. The van der Waals surface area contributed by atoms with Gasteiger partial charge in [-0.05, 0) is 22.8 Å². The first-order valence-corrected chi connectivity index (χ1v) is 5.97. The Balaban J connectivity index is 2.42. The third-order valence-electron chi connectivity index (χ3n) is 2.66. The summed E-state index contributed by atoms with van der Waals surface area (Å²) in [5.74, 6) is -0.244. The van der Waals surface area contributed by atoms with Gasteiger partial charge in [-0.25, -0.2) is 4.79 Å². The summed E-state index contributed by atoms with van der Waals surface area (Å²) in [6, 6.07) is 10.7. The molecule has 3 nitrogen and oxygen atoms in total. The molecule has 0 saturated carbocycles. The lowest BCUT2D eigenvalue weighted by Crippen LogP contribution is -2.10. The molecule has 0 amide bonds. The van der Waals surface area contributed by atoms with Gasteiger partial charge < -0.3 is 9.84 Å². The van der Waals surface area contributed by atoms with E-state index in [1.165, 1.54) is 6.07 Å². The second-order valence-electron chi connectivity index (χ2n) is 4.67. The Kier molecular flexibility index (Phi) is 3.51. The highest BCUT2D eigenvalue weighted by molar-refractivity contribution is 6.06. The quantitative estimate of drug-likeness (QED) is 0.842. The van der Waals surface area contributed by atoms with Crippen molar-refractivity contribution in [1.29, 1.82) is 0 Å². The lowest BCUT2D eigenvalue weighted by molar-refractivity contribution is 0.0458. The van der Waals surface area contributed by atoms with E-state index in [1.807, 2.05) is 32.0 Å². The van der Waals surface area contributed by atoms with Gasteiger partial charge >= 0.3 is 5.97 Å². The van der Waals surface area contributed by atoms with Gasteiger partial charge in [0.1, 0.15) is 11.3 Å². The summed E-state index contributed by atoms with van der Waals surface area (Å²) in [5, 5.41) is 11.5. The molecule has 18 heavy (non-hydrogen) atoms. The molecule has 0 fully saturated rings. The number of carbonyl (C=O) groups is 1. The molecule has 0 atom stereocenters. The number of ether oxygens (including phenoxy) is 1. The lowest BCUT2D eigenvalue weighted by Gasteiger charge is -2.10. The Hall–Kier alpha value is -2.03. The molecule has 0 aliphatic heterocycles. The average Bonchev–Trinajstić information content (AvgIpc) is 2.36. The normalized spacial score (nSPS) is 10.8. The molecule has 0 aliphatic rings. The van der Waals surface area contributed by atoms with Crippen molar-refractivity contribution in [1.82, 2.24) is 0 Å². The molecule has 94 valence electrons. The second-order valence-corrected chi connectivity index (χ2v) is 4.67. The largest absolute Gasteiger partial charge is 0.507 e. The van der Waals surface area contributed by atoms with Crippen LogP contribution in [0.2, 0.25) is 0 Å². The van der Waals surface area contributed by atoms with Crippen molar-refractivity contribution in [3.63, 3.8) is 0 Å². The maximum absolute atomic E-state index is 12.0. The standard InChI is InChI=1S/C15H16O3/c1-10(2)9-18-15(17)14-12-6-4-3-5-11(12)7-8-13(14)16/h3-8,10,16H,9H2,1-2H3. The molecule has 0 bridgehead atoms. The number of phenolic OH excluding ortho intramolecular Hbond substituents is 1. The number of esters is 1. The maximum Gasteiger partial charge on any atom is 0.342 e. The fourth-order valence-corrected chi connectivity index (χ4v) is 1.79. The number of hydrogen-bond donors (Lipinski definition) is 1. The first-order chi connectivity index (χ1) is 8.59. The maximum atomic E-state index is 12.0. The minimum Gasteiger partial charge on any atom is -0.507 e. The van der Waals surface area contributed by atoms with Gasteiger partial charge in [0.2, 0.25) is 0 Å². The van der Waals surface area contributed by atoms with Crippen LogP contribution in [0.1, 0.15) is 24.2 Å². The van der Waals surface area contributed by atoms with Gasteiger partial charge in [-0.1, -0.05) is 44.2 Å². The monoisotopic (exact) mass is 244 g/mol. The fourth-order valence-electron chi connectivity index (χ4n) is 1.79. The van der Waals surface area contributed by atoms with Crippen molar-refractivity contribution < 1.29 is 14.6 Å². The number of fused-ring (bicyclic) bond motifs is 1. The third-order valence-corrected chi connectivity index (χ3v) is 2.66.